The Bertz CT molecular complexity index is 641. The number of aromatic amines is 1. The molecular formula is C12H11ClN2O3S. The lowest BCUT2D eigenvalue weighted by Crippen LogP contribution is -2.42. The van der Waals surface area contributed by atoms with Crippen molar-refractivity contribution in [1.29, 1.82) is 0 Å². The van der Waals surface area contributed by atoms with Crippen molar-refractivity contribution < 1.29 is 14.7 Å². The Hall–Kier alpha value is -1.66. The van der Waals surface area contributed by atoms with Crippen LogP contribution in [-0.4, -0.2) is 33.8 Å². The molecule has 1 heterocycles. The first-order valence-electron chi connectivity index (χ1n) is 5.44. The number of H-pyrrole nitrogens is 1. The molecule has 0 aliphatic carbocycles. The van der Waals surface area contributed by atoms with Crippen LogP contribution in [0.15, 0.2) is 24.3 Å². The Labute approximate surface area is 119 Å². The highest BCUT2D eigenvalue weighted by Gasteiger charge is 2.20. The molecule has 100 valence electrons. The maximum atomic E-state index is 11.9. The lowest BCUT2D eigenvalue weighted by atomic mass is 10.2. The number of para-hydroxylation sites is 1. The molecule has 7 heteroatoms. The fourth-order valence-electron chi connectivity index (χ4n) is 1.66. The number of carbonyl (C=O) groups is 2. The topological polar surface area (TPSA) is 82.2 Å². The zero-order valence-corrected chi connectivity index (χ0v) is 11.3. The van der Waals surface area contributed by atoms with Crippen molar-refractivity contribution in [2.24, 2.45) is 0 Å². The standard InChI is InChI=1S/C12H11ClN2O3S/c13-7-3-1-2-6-4-8(14-10(6)7)11(16)15-9(5-19)12(17)18/h1-4,9,14,19H,5H2,(H,15,16)(H,17,18). The van der Waals surface area contributed by atoms with E-state index in [1.165, 1.54) is 0 Å². The number of fused-ring (bicyclic) bond motifs is 1. The Morgan fingerprint density at radius 1 is 1.47 bits per heavy atom. The summed E-state index contributed by atoms with van der Waals surface area (Å²) in [4.78, 5) is 25.6. The number of thiol groups is 1. The van der Waals surface area contributed by atoms with Gasteiger partial charge in [0.15, 0.2) is 0 Å². The molecule has 0 saturated carbocycles. The van der Waals surface area contributed by atoms with Crippen molar-refractivity contribution in [2.75, 3.05) is 5.75 Å². The Morgan fingerprint density at radius 3 is 2.79 bits per heavy atom. The molecule has 19 heavy (non-hydrogen) atoms. The summed E-state index contributed by atoms with van der Waals surface area (Å²) in [5.41, 5.74) is 0.906. The lowest BCUT2D eigenvalue weighted by molar-refractivity contribution is -0.138. The first-order valence-corrected chi connectivity index (χ1v) is 6.45. The summed E-state index contributed by atoms with van der Waals surface area (Å²) < 4.78 is 0. The third kappa shape index (κ3) is 2.85. The largest absolute Gasteiger partial charge is 0.480 e. The van der Waals surface area contributed by atoms with Gasteiger partial charge in [-0.2, -0.15) is 12.6 Å². The molecule has 0 spiro atoms. The predicted molar refractivity (Wildman–Crippen MR) is 76.1 cm³/mol. The minimum absolute atomic E-state index is 0.0159. The van der Waals surface area contributed by atoms with Crippen molar-refractivity contribution in [3.8, 4) is 0 Å². The van der Waals surface area contributed by atoms with Gasteiger partial charge in [0, 0.05) is 11.1 Å². The fourth-order valence-corrected chi connectivity index (χ4v) is 2.14. The van der Waals surface area contributed by atoms with Crippen LogP contribution >= 0.6 is 24.2 Å². The van der Waals surface area contributed by atoms with Gasteiger partial charge in [-0.25, -0.2) is 4.79 Å². The van der Waals surface area contributed by atoms with Gasteiger partial charge in [-0.3, -0.25) is 4.79 Å². The molecule has 3 N–H and O–H groups in total. The molecule has 1 atom stereocenters. The Balaban J connectivity index is 2.27. The number of hydrogen-bond acceptors (Lipinski definition) is 3. The highest BCUT2D eigenvalue weighted by Crippen LogP contribution is 2.23. The number of carboxylic acids is 1. The number of benzene rings is 1. The molecule has 0 aliphatic heterocycles. The van der Waals surface area contributed by atoms with E-state index < -0.39 is 17.9 Å². The second-order valence-electron chi connectivity index (χ2n) is 3.93. The number of hydrogen-bond donors (Lipinski definition) is 4. The molecule has 0 radical (unpaired) electrons. The highest BCUT2D eigenvalue weighted by atomic mass is 35.5. The molecule has 0 bridgehead atoms. The van der Waals surface area contributed by atoms with Crippen LogP contribution in [0.1, 0.15) is 10.5 Å². The van der Waals surface area contributed by atoms with Gasteiger partial charge >= 0.3 is 5.97 Å². The van der Waals surface area contributed by atoms with E-state index >= 15 is 0 Å². The van der Waals surface area contributed by atoms with Gasteiger partial charge in [-0.15, -0.1) is 0 Å². The van der Waals surface area contributed by atoms with E-state index in [-0.39, 0.29) is 11.4 Å². The van der Waals surface area contributed by atoms with Crippen molar-refractivity contribution in [3.63, 3.8) is 0 Å². The third-order valence-electron chi connectivity index (χ3n) is 2.64. The van der Waals surface area contributed by atoms with E-state index in [0.29, 0.717) is 10.5 Å². The summed E-state index contributed by atoms with van der Waals surface area (Å²) in [5, 5.41) is 12.5. The molecule has 1 unspecified atom stereocenters. The molecule has 5 nitrogen and oxygen atoms in total. The van der Waals surface area contributed by atoms with Gasteiger partial charge in [0.2, 0.25) is 0 Å². The SMILES string of the molecule is O=C(NC(CS)C(=O)O)c1cc2cccc(Cl)c2[nH]1. The van der Waals surface area contributed by atoms with Gasteiger partial charge in [-0.1, -0.05) is 23.7 Å². The van der Waals surface area contributed by atoms with Gasteiger partial charge in [0.1, 0.15) is 11.7 Å². The molecule has 0 saturated heterocycles. The highest BCUT2D eigenvalue weighted by molar-refractivity contribution is 7.80. The smallest absolute Gasteiger partial charge is 0.327 e. The monoisotopic (exact) mass is 298 g/mol. The van der Waals surface area contributed by atoms with Crippen LogP contribution in [0.3, 0.4) is 0 Å². The number of carbonyl (C=O) groups excluding carboxylic acids is 1. The van der Waals surface area contributed by atoms with Crippen LogP contribution in [0.4, 0.5) is 0 Å². The van der Waals surface area contributed by atoms with Gasteiger partial charge in [0.25, 0.3) is 5.91 Å². The number of aliphatic carboxylic acids is 1. The number of amides is 1. The summed E-state index contributed by atoms with van der Waals surface area (Å²) in [7, 11) is 0. The van der Waals surface area contributed by atoms with Crippen LogP contribution in [0, 0.1) is 0 Å². The first kappa shape index (κ1) is 13.8. The second kappa shape index (κ2) is 5.54. The summed E-state index contributed by atoms with van der Waals surface area (Å²) in [6, 6.07) is 5.87. The van der Waals surface area contributed by atoms with Crippen LogP contribution in [0.25, 0.3) is 10.9 Å². The summed E-state index contributed by atoms with van der Waals surface area (Å²) in [5.74, 6) is -1.62. The fraction of sp³-hybridized carbons (Fsp3) is 0.167. The molecule has 1 amide bonds. The normalized spacial score (nSPS) is 12.3. The lowest BCUT2D eigenvalue weighted by Gasteiger charge is -2.10. The molecule has 2 aromatic rings. The predicted octanol–water partition coefficient (Wildman–Crippen LogP) is 1.93. The maximum absolute atomic E-state index is 11.9. The van der Waals surface area contributed by atoms with Crippen molar-refractivity contribution in [3.05, 3.63) is 35.0 Å². The van der Waals surface area contributed by atoms with Crippen LogP contribution in [0.5, 0.6) is 0 Å². The average Bonchev–Trinajstić information content (AvgIpc) is 2.80. The van der Waals surface area contributed by atoms with E-state index in [9.17, 15) is 9.59 Å². The van der Waals surface area contributed by atoms with E-state index in [2.05, 4.69) is 22.9 Å². The zero-order chi connectivity index (χ0) is 14.0. The number of halogens is 1. The minimum atomic E-state index is -1.13. The summed E-state index contributed by atoms with van der Waals surface area (Å²) in [6.45, 7) is 0. The Morgan fingerprint density at radius 2 is 2.21 bits per heavy atom. The van der Waals surface area contributed by atoms with E-state index in [1.807, 2.05) is 6.07 Å². The molecular weight excluding hydrogens is 288 g/mol. The maximum Gasteiger partial charge on any atom is 0.327 e. The van der Waals surface area contributed by atoms with Crippen LogP contribution in [0.2, 0.25) is 5.02 Å². The third-order valence-corrected chi connectivity index (χ3v) is 3.32. The summed E-state index contributed by atoms with van der Waals surface area (Å²) in [6.07, 6.45) is 0. The molecule has 0 aliphatic rings. The minimum Gasteiger partial charge on any atom is -0.480 e. The number of aromatic nitrogens is 1. The van der Waals surface area contributed by atoms with Gasteiger partial charge in [0.05, 0.1) is 10.5 Å². The molecule has 2 rings (SSSR count). The second-order valence-corrected chi connectivity index (χ2v) is 4.71. The summed E-state index contributed by atoms with van der Waals surface area (Å²) >= 11 is 9.87. The molecule has 0 fully saturated rings. The Kier molecular flexibility index (Phi) is 4.01. The van der Waals surface area contributed by atoms with Gasteiger partial charge < -0.3 is 15.4 Å². The number of rotatable bonds is 4. The van der Waals surface area contributed by atoms with E-state index in [0.717, 1.165) is 5.39 Å². The molecule has 1 aromatic carbocycles. The van der Waals surface area contributed by atoms with Gasteiger partial charge in [-0.05, 0) is 12.1 Å². The van der Waals surface area contributed by atoms with Crippen LogP contribution in [-0.2, 0) is 4.79 Å². The van der Waals surface area contributed by atoms with Crippen molar-refractivity contribution in [1.82, 2.24) is 10.3 Å². The van der Waals surface area contributed by atoms with E-state index in [4.69, 9.17) is 16.7 Å². The zero-order valence-electron chi connectivity index (χ0n) is 9.68. The average molecular weight is 299 g/mol. The van der Waals surface area contributed by atoms with Crippen LogP contribution < -0.4 is 5.32 Å². The number of nitrogens with one attached hydrogen (secondary N) is 2. The quantitative estimate of drug-likeness (QED) is 0.651. The van der Waals surface area contributed by atoms with Crippen molar-refractivity contribution >= 4 is 47.0 Å². The number of carboxylic acid groups (broad SMARTS) is 1. The van der Waals surface area contributed by atoms with Crippen molar-refractivity contribution in [2.45, 2.75) is 6.04 Å². The first-order chi connectivity index (χ1) is 9.02. The van der Waals surface area contributed by atoms with E-state index in [1.54, 1.807) is 18.2 Å². The molecule has 1 aromatic heterocycles.